The summed E-state index contributed by atoms with van der Waals surface area (Å²) in [4.78, 5) is 27.9. The van der Waals surface area contributed by atoms with Gasteiger partial charge in [-0.1, -0.05) is 0 Å². The first-order chi connectivity index (χ1) is 11.6. The SMILES string of the molecule is Cn1c(C(=O)NCC(=O)NCCCn2ccnc2)cc2occc21. The summed E-state index contributed by atoms with van der Waals surface area (Å²) in [6.07, 6.45) is 7.69. The third kappa shape index (κ3) is 3.48. The van der Waals surface area contributed by atoms with Crippen LogP contribution in [0.4, 0.5) is 0 Å². The Bertz CT molecular complexity index is 831. The molecule has 2 N–H and O–H groups in total. The molecule has 8 heteroatoms. The summed E-state index contributed by atoms with van der Waals surface area (Å²) in [6.45, 7) is 1.27. The van der Waals surface area contributed by atoms with E-state index in [0.29, 0.717) is 17.8 Å². The van der Waals surface area contributed by atoms with Crippen molar-refractivity contribution in [2.45, 2.75) is 13.0 Å². The van der Waals surface area contributed by atoms with Crippen LogP contribution in [0, 0.1) is 0 Å². The third-order valence-corrected chi connectivity index (χ3v) is 3.78. The minimum Gasteiger partial charge on any atom is -0.463 e. The number of furan rings is 1. The lowest BCUT2D eigenvalue weighted by Gasteiger charge is -2.08. The van der Waals surface area contributed by atoms with Crippen LogP contribution in [0.5, 0.6) is 0 Å². The number of imidazole rings is 1. The van der Waals surface area contributed by atoms with Crippen LogP contribution in [0.15, 0.2) is 41.5 Å². The van der Waals surface area contributed by atoms with E-state index in [1.165, 1.54) is 0 Å². The number of aryl methyl sites for hydroxylation is 2. The van der Waals surface area contributed by atoms with Gasteiger partial charge in [0.25, 0.3) is 5.91 Å². The van der Waals surface area contributed by atoms with Gasteiger partial charge in [-0.2, -0.15) is 0 Å². The molecule has 3 aromatic heterocycles. The molecule has 3 rings (SSSR count). The summed E-state index contributed by atoms with van der Waals surface area (Å²) in [5, 5.41) is 5.39. The van der Waals surface area contributed by atoms with E-state index >= 15 is 0 Å². The largest absolute Gasteiger partial charge is 0.463 e. The fourth-order valence-corrected chi connectivity index (χ4v) is 2.49. The molecule has 0 fully saturated rings. The van der Waals surface area contributed by atoms with Crippen molar-refractivity contribution in [3.05, 3.63) is 42.8 Å². The van der Waals surface area contributed by atoms with Crippen molar-refractivity contribution in [1.29, 1.82) is 0 Å². The number of hydrogen-bond donors (Lipinski definition) is 2. The van der Waals surface area contributed by atoms with Gasteiger partial charge in [0.05, 0.1) is 24.7 Å². The molecule has 0 saturated heterocycles. The highest BCUT2D eigenvalue weighted by Gasteiger charge is 2.15. The van der Waals surface area contributed by atoms with E-state index in [-0.39, 0.29) is 18.4 Å². The highest BCUT2D eigenvalue weighted by Crippen LogP contribution is 2.19. The molecule has 3 heterocycles. The molecular weight excluding hydrogens is 310 g/mol. The number of aromatic nitrogens is 3. The molecule has 0 spiro atoms. The van der Waals surface area contributed by atoms with Crippen molar-refractivity contribution in [1.82, 2.24) is 24.8 Å². The molecule has 0 aliphatic heterocycles. The standard InChI is InChI=1S/C16H19N5O3/c1-20-12-3-8-24-14(12)9-13(20)16(23)19-10-15(22)18-4-2-6-21-7-5-17-11-21/h3,5,7-9,11H,2,4,6,10H2,1H3,(H,18,22)(H,19,23). The predicted molar refractivity (Wildman–Crippen MR) is 87.4 cm³/mol. The molecule has 0 aliphatic carbocycles. The van der Waals surface area contributed by atoms with E-state index < -0.39 is 0 Å². The van der Waals surface area contributed by atoms with E-state index in [2.05, 4.69) is 15.6 Å². The fourth-order valence-electron chi connectivity index (χ4n) is 2.49. The third-order valence-electron chi connectivity index (χ3n) is 3.78. The van der Waals surface area contributed by atoms with Crippen LogP contribution < -0.4 is 10.6 Å². The molecular formula is C16H19N5O3. The topological polar surface area (TPSA) is 94.1 Å². The molecule has 0 atom stereocenters. The van der Waals surface area contributed by atoms with Crippen LogP contribution in [0.1, 0.15) is 16.9 Å². The molecule has 3 aromatic rings. The summed E-state index contributed by atoms with van der Waals surface area (Å²) in [5.41, 5.74) is 1.94. The molecule has 0 saturated carbocycles. The van der Waals surface area contributed by atoms with Crippen LogP contribution >= 0.6 is 0 Å². The number of nitrogens with zero attached hydrogens (tertiary/aromatic N) is 3. The zero-order chi connectivity index (χ0) is 16.9. The van der Waals surface area contributed by atoms with E-state index in [0.717, 1.165) is 18.5 Å². The number of rotatable bonds is 7. The summed E-state index contributed by atoms with van der Waals surface area (Å²) in [5.74, 6) is -0.524. The van der Waals surface area contributed by atoms with Gasteiger partial charge in [0, 0.05) is 44.7 Å². The first kappa shape index (κ1) is 15.9. The van der Waals surface area contributed by atoms with Gasteiger partial charge in [-0.3, -0.25) is 9.59 Å². The Labute approximate surface area is 138 Å². The number of nitrogens with one attached hydrogen (secondary N) is 2. The lowest BCUT2D eigenvalue weighted by atomic mass is 10.3. The molecule has 0 bridgehead atoms. The van der Waals surface area contributed by atoms with Gasteiger partial charge in [-0.15, -0.1) is 0 Å². The van der Waals surface area contributed by atoms with Gasteiger partial charge in [0.1, 0.15) is 5.69 Å². The Morgan fingerprint density at radius 2 is 2.21 bits per heavy atom. The van der Waals surface area contributed by atoms with Gasteiger partial charge >= 0.3 is 0 Å². The maximum absolute atomic E-state index is 12.2. The van der Waals surface area contributed by atoms with Gasteiger partial charge in [-0.25, -0.2) is 4.98 Å². The maximum Gasteiger partial charge on any atom is 0.268 e. The lowest BCUT2D eigenvalue weighted by Crippen LogP contribution is -2.38. The van der Waals surface area contributed by atoms with Crippen molar-refractivity contribution in [3.63, 3.8) is 0 Å². The van der Waals surface area contributed by atoms with E-state index in [4.69, 9.17) is 4.42 Å². The minimum atomic E-state index is -0.308. The quantitative estimate of drug-likeness (QED) is 0.630. The fraction of sp³-hybridized carbons (Fsp3) is 0.312. The van der Waals surface area contributed by atoms with Crippen LogP contribution in [0.3, 0.4) is 0 Å². The zero-order valence-electron chi connectivity index (χ0n) is 13.4. The molecule has 0 aliphatic rings. The zero-order valence-corrected chi connectivity index (χ0v) is 13.4. The van der Waals surface area contributed by atoms with Crippen LogP contribution in [-0.2, 0) is 18.4 Å². The van der Waals surface area contributed by atoms with Gasteiger partial charge < -0.3 is 24.2 Å². The van der Waals surface area contributed by atoms with Crippen molar-refractivity contribution in [2.24, 2.45) is 7.05 Å². The molecule has 8 nitrogen and oxygen atoms in total. The monoisotopic (exact) mass is 329 g/mol. The Balaban J connectivity index is 1.41. The van der Waals surface area contributed by atoms with Crippen LogP contribution in [0.2, 0.25) is 0 Å². The second kappa shape index (κ2) is 7.03. The highest BCUT2D eigenvalue weighted by molar-refractivity contribution is 5.99. The average molecular weight is 329 g/mol. The molecule has 0 radical (unpaired) electrons. The Morgan fingerprint density at radius 1 is 1.33 bits per heavy atom. The average Bonchev–Trinajstić information content (AvgIpc) is 3.29. The lowest BCUT2D eigenvalue weighted by molar-refractivity contribution is -0.120. The summed E-state index contributed by atoms with van der Waals surface area (Å²) >= 11 is 0. The number of fused-ring (bicyclic) bond motifs is 1. The first-order valence-corrected chi connectivity index (χ1v) is 7.68. The van der Waals surface area contributed by atoms with Crippen molar-refractivity contribution < 1.29 is 14.0 Å². The smallest absolute Gasteiger partial charge is 0.268 e. The Kier molecular flexibility index (Phi) is 4.64. The van der Waals surface area contributed by atoms with E-state index in [9.17, 15) is 9.59 Å². The Morgan fingerprint density at radius 3 is 2.96 bits per heavy atom. The maximum atomic E-state index is 12.2. The van der Waals surface area contributed by atoms with Crippen molar-refractivity contribution in [3.8, 4) is 0 Å². The molecule has 2 amide bonds. The number of carbonyl (C=O) groups excluding carboxylic acids is 2. The predicted octanol–water partition coefficient (Wildman–Crippen LogP) is 0.904. The van der Waals surface area contributed by atoms with Crippen LogP contribution in [0.25, 0.3) is 11.1 Å². The number of hydrogen-bond acceptors (Lipinski definition) is 4. The molecule has 24 heavy (non-hydrogen) atoms. The van der Waals surface area contributed by atoms with Crippen molar-refractivity contribution in [2.75, 3.05) is 13.1 Å². The number of amides is 2. The summed E-state index contributed by atoms with van der Waals surface area (Å²) in [6, 6.07) is 3.45. The van der Waals surface area contributed by atoms with Gasteiger partial charge in [-0.05, 0) is 6.42 Å². The molecule has 0 aromatic carbocycles. The normalized spacial score (nSPS) is 10.9. The van der Waals surface area contributed by atoms with E-state index in [1.807, 2.05) is 10.8 Å². The van der Waals surface area contributed by atoms with E-state index in [1.54, 1.807) is 42.5 Å². The molecule has 126 valence electrons. The summed E-state index contributed by atoms with van der Waals surface area (Å²) in [7, 11) is 1.78. The second-order valence-corrected chi connectivity index (χ2v) is 5.45. The van der Waals surface area contributed by atoms with Crippen LogP contribution in [-0.4, -0.2) is 39.0 Å². The second-order valence-electron chi connectivity index (χ2n) is 5.45. The first-order valence-electron chi connectivity index (χ1n) is 7.68. The summed E-state index contributed by atoms with van der Waals surface area (Å²) < 4.78 is 8.94. The number of carbonyl (C=O) groups is 2. The highest BCUT2D eigenvalue weighted by atomic mass is 16.3. The minimum absolute atomic E-state index is 0.0591. The van der Waals surface area contributed by atoms with Gasteiger partial charge in [0.15, 0.2) is 5.58 Å². The Hall–Kier alpha value is -3.03. The van der Waals surface area contributed by atoms with Crippen molar-refractivity contribution >= 4 is 22.9 Å². The molecule has 0 unspecified atom stereocenters. The van der Waals surface area contributed by atoms with Gasteiger partial charge in [0.2, 0.25) is 5.91 Å².